The van der Waals surface area contributed by atoms with Crippen LogP contribution in [0.4, 0.5) is 0 Å². The third-order valence-corrected chi connectivity index (χ3v) is 2.75. The summed E-state index contributed by atoms with van der Waals surface area (Å²) in [6, 6.07) is 3.46. The second kappa shape index (κ2) is 3.73. The van der Waals surface area contributed by atoms with Crippen molar-refractivity contribution in [1.82, 2.24) is 19.6 Å². The van der Waals surface area contributed by atoms with Crippen LogP contribution in [0.2, 0.25) is 0 Å². The summed E-state index contributed by atoms with van der Waals surface area (Å²) in [7, 11) is 3.09. The molecular formula is C11H10N4O3. The molecule has 0 saturated carbocycles. The predicted molar refractivity (Wildman–Crippen MR) is 64.2 cm³/mol. The summed E-state index contributed by atoms with van der Waals surface area (Å²) in [6.45, 7) is 0. The van der Waals surface area contributed by atoms with Gasteiger partial charge in [-0.2, -0.15) is 9.61 Å². The molecule has 0 unspecified atom stereocenters. The zero-order valence-electron chi connectivity index (χ0n) is 9.80. The molecule has 7 nitrogen and oxygen atoms in total. The fourth-order valence-electron chi connectivity index (χ4n) is 1.91. The topological polar surface area (TPSA) is 81.5 Å². The van der Waals surface area contributed by atoms with Gasteiger partial charge in [0.2, 0.25) is 0 Å². The molecule has 1 N–H and O–H groups in total. The first-order valence-corrected chi connectivity index (χ1v) is 5.22. The lowest BCUT2D eigenvalue weighted by Gasteiger charge is -2.09. The maximum Gasteiger partial charge on any atom is 0.348 e. The summed E-state index contributed by atoms with van der Waals surface area (Å²) in [5.41, 5.74) is 0.759. The average molecular weight is 246 g/mol. The highest BCUT2D eigenvalue weighted by atomic mass is 16.5. The molecule has 7 heteroatoms. The van der Waals surface area contributed by atoms with Gasteiger partial charge in [0.05, 0.1) is 19.7 Å². The standard InChI is InChI=1S/C11H10N4O3/c1-17-8-3-6-7(4-9(8)18-2)14-11(16)15-10(6)12-5-13-15/h3-5H,1-2H3,(H,14,16). The second-order valence-electron chi connectivity index (χ2n) is 3.68. The van der Waals surface area contributed by atoms with E-state index in [1.54, 1.807) is 19.2 Å². The first kappa shape index (κ1) is 10.6. The highest BCUT2D eigenvalue weighted by molar-refractivity contribution is 5.93. The Balaban J connectivity index is 2.50. The molecule has 3 rings (SSSR count). The van der Waals surface area contributed by atoms with Gasteiger partial charge in [0.1, 0.15) is 6.33 Å². The highest BCUT2D eigenvalue weighted by Crippen LogP contribution is 2.31. The van der Waals surface area contributed by atoms with Crippen molar-refractivity contribution in [3.05, 3.63) is 28.9 Å². The van der Waals surface area contributed by atoms with Crippen molar-refractivity contribution in [3.63, 3.8) is 0 Å². The van der Waals surface area contributed by atoms with E-state index >= 15 is 0 Å². The molecule has 92 valence electrons. The molecule has 0 atom stereocenters. The molecule has 1 aromatic carbocycles. The maximum absolute atomic E-state index is 11.7. The van der Waals surface area contributed by atoms with Crippen molar-refractivity contribution in [2.24, 2.45) is 0 Å². The Morgan fingerprint density at radius 2 is 1.94 bits per heavy atom. The number of rotatable bonds is 2. The minimum Gasteiger partial charge on any atom is -0.493 e. The summed E-state index contributed by atoms with van der Waals surface area (Å²) in [4.78, 5) is 18.5. The Labute approximate surface area is 101 Å². The van der Waals surface area contributed by atoms with Gasteiger partial charge in [0, 0.05) is 11.5 Å². The van der Waals surface area contributed by atoms with Crippen LogP contribution in [-0.2, 0) is 0 Å². The summed E-state index contributed by atoms with van der Waals surface area (Å²) in [5.74, 6) is 1.12. The molecule has 2 aromatic heterocycles. The van der Waals surface area contributed by atoms with Crippen molar-refractivity contribution in [2.45, 2.75) is 0 Å². The summed E-state index contributed by atoms with van der Waals surface area (Å²) in [6.07, 6.45) is 1.33. The minimum atomic E-state index is -0.345. The lowest BCUT2D eigenvalue weighted by atomic mass is 10.2. The third kappa shape index (κ3) is 1.33. The number of nitrogens with zero attached hydrogens (tertiary/aromatic N) is 3. The monoisotopic (exact) mass is 246 g/mol. The Kier molecular flexibility index (Phi) is 2.19. The number of hydrogen-bond acceptors (Lipinski definition) is 5. The molecule has 3 aromatic rings. The molecule has 0 amide bonds. The van der Waals surface area contributed by atoms with Crippen LogP contribution in [0.5, 0.6) is 11.5 Å². The number of aromatic nitrogens is 4. The number of benzene rings is 1. The molecule has 0 radical (unpaired) electrons. The zero-order valence-corrected chi connectivity index (χ0v) is 9.80. The van der Waals surface area contributed by atoms with E-state index in [9.17, 15) is 4.79 Å². The summed E-state index contributed by atoms with van der Waals surface area (Å²) < 4.78 is 11.6. The number of aromatic amines is 1. The van der Waals surface area contributed by atoms with Gasteiger partial charge < -0.3 is 14.5 Å². The van der Waals surface area contributed by atoms with Gasteiger partial charge in [0.25, 0.3) is 0 Å². The van der Waals surface area contributed by atoms with Crippen LogP contribution >= 0.6 is 0 Å². The number of methoxy groups -OCH3 is 2. The molecule has 0 bridgehead atoms. The maximum atomic E-state index is 11.7. The first-order chi connectivity index (χ1) is 8.74. The van der Waals surface area contributed by atoms with Gasteiger partial charge in [-0.1, -0.05) is 0 Å². The fourth-order valence-corrected chi connectivity index (χ4v) is 1.91. The number of H-pyrrole nitrogens is 1. The van der Waals surface area contributed by atoms with Crippen molar-refractivity contribution in [2.75, 3.05) is 14.2 Å². The van der Waals surface area contributed by atoms with Crippen LogP contribution < -0.4 is 15.2 Å². The van der Waals surface area contributed by atoms with Crippen LogP contribution in [0.3, 0.4) is 0 Å². The fraction of sp³-hybridized carbons (Fsp3) is 0.182. The quantitative estimate of drug-likeness (QED) is 0.715. The molecule has 2 heterocycles. The van der Waals surface area contributed by atoms with Gasteiger partial charge in [-0.15, -0.1) is 0 Å². The van der Waals surface area contributed by atoms with E-state index in [4.69, 9.17) is 9.47 Å². The Hall–Kier alpha value is -2.57. The van der Waals surface area contributed by atoms with E-state index in [1.165, 1.54) is 18.0 Å². The molecule has 0 fully saturated rings. The third-order valence-electron chi connectivity index (χ3n) is 2.75. The van der Waals surface area contributed by atoms with Crippen molar-refractivity contribution >= 4 is 16.6 Å². The second-order valence-corrected chi connectivity index (χ2v) is 3.68. The van der Waals surface area contributed by atoms with E-state index in [0.717, 1.165) is 5.39 Å². The Morgan fingerprint density at radius 1 is 1.22 bits per heavy atom. The Morgan fingerprint density at radius 3 is 2.67 bits per heavy atom. The van der Waals surface area contributed by atoms with E-state index in [-0.39, 0.29) is 5.69 Å². The predicted octanol–water partition coefficient (Wildman–Crippen LogP) is 0.588. The number of hydrogen-bond donors (Lipinski definition) is 1. The van der Waals surface area contributed by atoms with Crippen LogP contribution in [0.25, 0.3) is 16.6 Å². The van der Waals surface area contributed by atoms with Crippen molar-refractivity contribution in [3.8, 4) is 11.5 Å². The zero-order chi connectivity index (χ0) is 12.7. The molecular weight excluding hydrogens is 236 g/mol. The van der Waals surface area contributed by atoms with Crippen LogP contribution in [0.1, 0.15) is 0 Å². The van der Waals surface area contributed by atoms with Crippen molar-refractivity contribution < 1.29 is 9.47 Å². The molecule has 0 saturated heterocycles. The lowest BCUT2D eigenvalue weighted by Crippen LogP contribution is -2.17. The van der Waals surface area contributed by atoms with Crippen LogP contribution in [0.15, 0.2) is 23.3 Å². The largest absolute Gasteiger partial charge is 0.493 e. The van der Waals surface area contributed by atoms with E-state index in [0.29, 0.717) is 22.7 Å². The molecule has 0 aliphatic heterocycles. The van der Waals surface area contributed by atoms with Gasteiger partial charge in [-0.05, 0) is 6.07 Å². The summed E-state index contributed by atoms with van der Waals surface area (Å²) in [5, 5.41) is 4.60. The number of fused-ring (bicyclic) bond motifs is 3. The van der Waals surface area contributed by atoms with Gasteiger partial charge in [-0.25, -0.2) is 9.78 Å². The average Bonchev–Trinajstić information content (AvgIpc) is 2.87. The van der Waals surface area contributed by atoms with Gasteiger partial charge in [-0.3, -0.25) is 0 Å². The number of ether oxygens (including phenoxy) is 2. The van der Waals surface area contributed by atoms with Crippen LogP contribution in [0, 0.1) is 0 Å². The molecule has 0 spiro atoms. The SMILES string of the molecule is COc1cc2[nH]c(=O)n3ncnc3c2cc1OC. The van der Waals surface area contributed by atoms with Gasteiger partial charge in [0.15, 0.2) is 17.1 Å². The number of nitrogens with one attached hydrogen (secondary N) is 1. The lowest BCUT2D eigenvalue weighted by molar-refractivity contribution is 0.356. The smallest absolute Gasteiger partial charge is 0.348 e. The summed E-state index contributed by atoms with van der Waals surface area (Å²) >= 11 is 0. The van der Waals surface area contributed by atoms with Gasteiger partial charge >= 0.3 is 5.69 Å². The molecule has 18 heavy (non-hydrogen) atoms. The normalized spacial score (nSPS) is 11.0. The van der Waals surface area contributed by atoms with E-state index in [1.807, 2.05) is 0 Å². The first-order valence-electron chi connectivity index (χ1n) is 5.22. The van der Waals surface area contributed by atoms with Crippen molar-refractivity contribution in [1.29, 1.82) is 0 Å². The molecule has 0 aliphatic carbocycles. The van der Waals surface area contributed by atoms with Crippen LogP contribution in [-0.4, -0.2) is 33.8 Å². The Bertz CT molecular complexity index is 790. The minimum absolute atomic E-state index is 0.345. The van der Waals surface area contributed by atoms with E-state index in [2.05, 4.69) is 15.1 Å². The molecule has 0 aliphatic rings. The van der Waals surface area contributed by atoms with E-state index < -0.39 is 0 Å². The highest BCUT2D eigenvalue weighted by Gasteiger charge is 2.11.